The molecule has 0 unspecified atom stereocenters. The van der Waals surface area contributed by atoms with Crippen molar-refractivity contribution in [1.29, 1.82) is 0 Å². The highest BCUT2D eigenvalue weighted by Crippen LogP contribution is 2.38. The molecule has 4 heteroatoms. The van der Waals surface area contributed by atoms with Crippen molar-refractivity contribution < 1.29 is 9.52 Å². The Kier molecular flexibility index (Phi) is 3.08. The number of oxazole rings is 1. The van der Waals surface area contributed by atoms with Crippen molar-refractivity contribution >= 4 is 23.0 Å². The maximum absolute atomic E-state index is 9.88. The Hall–Kier alpha value is -3.14. The predicted octanol–water partition coefficient (Wildman–Crippen LogP) is 4.36. The summed E-state index contributed by atoms with van der Waals surface area (Å²) in [6.07, 6.45) is 1.82. The van der Waals surface area contributed by atoms with Gasteiger partial charge in [0.15, 0.2) is 5.89 Å². The molecule has 23 heavy (non-hydrogen) atoms. The van der Waals surface area contributed by atoms with E-state index in [2.05, 4.69) is 4.98 Å². The number of fused-ring (bicyclic) bond motifs is 1. The largest absolute Gasteiger partial charge is 0.479 e. The molecule has 0 fully saturated rings. The third-order valence-electron chi connectivity index (χ3n) is 3.75. The standard InChI is InChI=1S/C19H14N2O2/c1-12-20-17(19(22)23-12)11-15-14-9-5-6-10-16(14)21-18(15)13-7-3-2-4-8-13/h2-11,22H,1H3/b15-11+. The van der Waals surface area contributed by atoms with Gasteiger partial charge in [-0.3, -0.25) is 0 Å². The van der Waals surface area contributed by atoms with Crippen molar-refractivity contribution in [3.63, 3.8) is 0 Å². The minimum atomic E-state index is -0.174. The van der Waals surface area contributed by atoms with Crippen molar-refractivity contribution in [2.24, 2.45) is 4.99 Å². The summed E-state index contributed by atoms with van der Waals surface area (Å²) < 4.78 is 5.11. The maximum atomic E-state index is 9.88. The molecule has 0 aliphatic carbocycles. The molecule has 1 aliphatic heterocycles. The number of hydrogen-bond acceptors (Lipinski definition) is 4. The monoisotopic (exact) mass is 302 g/mol. The Morgan fingerprint density at radius 3 is 2.48 bits per heavy atom. The van der Waals surface area contributed by atoms with Crippen LogP contribution in [0.1, 0.15) is 22.7 Å². The van der Waals surface area contributed by atoms with Gasteiger partial charge in [0.2, 0.25) is 0 Å². The van der Waals surface area contributed by atoms with Crippen LogP contribution in [0.4, 0.5) is 5.69 Å². The Bertz CT molecular complexity index is 937. The maximum Gasteiger partial charge on any atom is 0.310 e. The molecule has 0 bridgehead atoms. The van der Waals surface area contributed by atoms with Gasteiger partial charge in [-0.15, -0.1) is 0 Å². The average molecular weight is 302 g/mol. The normalized spacial score (nSPS) is 14.8. The van der Waals surface area contributed by atoms with E-state index < -0.39 is 0 Å². The zero-order valence-corrected chi connectivity index (χ0v) is 12.5. The van der Waals surface area contributed by atoms with Crippen LogP contribution in [0.2, 0.25) is 0 Å². The topological polar surface area (TPSA) is 58.6 Å². The van der Waals surface area contributed by atoms with E-state index in [9.17, 15) is 5.11 Å². The molecule has 2 aromatic carbocycles. The van der Waals surface area contributed by atoms with Crippen LogP contribution in [0.25, 0.3) is 11.6 Å². The summed E-state index contributed by atoms with van der Waals surface area (Å²) in [5.74, 6) is 0.255. The number of allylic oxidation sites excluding steroid dienone is 1. The van der Waals surface area contributed by atoms with Gasteiger partial charge in [0, 0.05) is 23.6 Å². The van der Waals surface area contributed by atoms with E-state index in [1.165, 1.54) is 0 Å². The van der Waals surface area contributed by atoms with E-state index in [-0.39, 0.29) is 5.95 Å². The fraction of sp³-hybridized carbons (Fsp3) is 0.0526. The van der Waals surface area contributed by atoms with Crippen LogP contribution in [0.3, 0.4) is 0 Å². The minimum absolute atomic E-state index is 0.174. The van der Waals surface area contributed by atoms with Gasteiger partial charge >= 0.3 is 5.95 Å². The van der Waals surface area contributed by atoms with E-state index in [1.54, 1.807) is 6.92 Å². The molecule has 1 aliphatic rings. The SMILES string of the molecule is Cc1nc(/C=C2/C(c3ccccc3)=Nc3ccccc32)c(O)o1. The number of aromatic hydroxyl groups is 1. The van der Waals surface area contributed by atoms with Crippen LogP contribution >= 0.6 is 0 Å². The van der Waals surface area contributed by atoms with Crippen LogP contribution in [0.15, 0.2) is 64.0 Å². The van der Waals surface area contributed by atoms with Gasteiger partial charge in [-0.05, 0) is 12.1 Å². The Morgan fingerprint density at radius 1 is 1.00 bits per heavy atom. The number of benzene rings is 2. The molecule has 0 amide bonds. The average Bonchev–Trinajstić information content (AvgIpc) is 3.09. The van der Waals surface area contributed by atoms with E-state index in [1.807, 2.05) is 60.7 Å². The lowest BCUT2D eigenvalue weighted by Gasteiger charge is -2.05. The van der Waals surface area contributed by atoms with Gasteiger partial charge < -0.3 is 9.52 Å². The third kappa shape index (κ3) is 2.34. The van der Waals surface area contributed by atoms with Gasteiger partial charge in [-0.1, -0.05) is 48.5 Å². The number of aliphatic imine (C=N–C) groups is 1. The van der Waals surface area contributed by atoms with Crippen molar-refractivity contribution in [1.82, 2.24) is 4.98 Å². The number of aryl methyl sites for hydroxylation is 1. The molecule has 1 aromatic heterocycles. The predicted molar refractivity (Wildman–Crippen MR) is 89.9 cm³/mol. The van der Waals surface area contributed by atoms with Crippen LogP contribution in [-0.4, -0.2) is 15.8 Å². The minimum Gasteiger partial charge on any atom is -0.479 e. The van der Waals surface area contributed by atoms with Gasteiger partial charge in [-0.2, -0.15) is 0 Å². The zero-order chi connectivity index (χ0) is 15.8. The molecule has 3 aromatic rings. The van der Waals surface area contributed by atoms with E-state index >= 15 is 0 Å². The van der Waals surface area contributed by atoms with Gasteiger partial charge in [0.25, 0.3) is 0 Å². The summed E-state index contributed by atoms with van der Waals surface area (Å²) in [5.41, 5.74) is 5.17. The van der Waals surface area contributed by atoms with E-state index in [0.717, 1.165) is 28.1 Å². The van der Waals surface area contributed by atoms with Crippen molar-refractivity contribution in [3.05, 3.63) is 77.3 Å². The lowest BCUT2D eigenvalue weighted by atomic mass is 9.97. The molecule has 0 atom stereocenters. The highest BCUT2D eigenvalue weighted by molar-refractivity contribution is 6.38. The quantitative estimate of drug-likeness (QED) is 0.765. The first-order chi connectivity index (χ1) is 11.2. The fourth-order valence-corrected chi connectivity index (χ4v) is 2.73. The molecule has 4 rings (SSSR count). The first-order valence-electron chi connectivity index (χ1n) is 7.34. The van der Waals surface area contributed by atoms with Crippen LogP contribution in [-0.2, 0) is 0 Å². The molecule has 4 nitrogen and oxygen atoms in total. The number of para-hydroxylation sites is 1. The Morgan fingerprint density at radius 2 is 1.74 bits per heavy atom. The number of aromatic nitrogens is 1. The highest BCUT2D eigenvalue weighted by Gasteiger charge is 2.23. The zero-order valence-electron chi connectivity index (χ0n) is 12.5. The van der Waals surface area contributed by atoms with Gasteiger partial charge in [-0.25, -0.2) is 9.98 Å². The molecule has 0 saturated heterocycles. The molecule has 2 heterocycles. The molecule has 112 valence electrons. The number of hydrogen-bond donors (Lipinski definition) is 1. The summed E-state index contributed by atoms with van der Waals surface area (Å²) in [7, 11) is 0. The first kappa shape index (κ1) is 13.5. The second-order valence-electron chi connectivity index (χ2n) is 5.32. The Labute approximate surface area is 133 Å². The first-order valence-corrected chi connectivity index (χ1v) is 7.34. The van der Waals surface area contributed by atoms with Crippen LogP contribution in [0, 0.1) is 6.92 Å². The third-order valence-corrected chi connectivity index (χ3v) is 3.75. The summed E-state index contributed by atoms with van der Waals surface area (Å²) in [6, 6.07) is 17.9. The van der Waals surface area contributed by atoms with Gasteiger partial charge in [0.05, 0.1) is 11.4 Å². The summed E-state index contributed by atoms with van der Waals surface area (Å²) in [5, 5.41) is 9.88. The lowest BCUT2D eigenvalue weighted by molar-refractivity contribution is 0.322. The molecule has 0 radical (unpaired) electrons. The molecule has 1 N–H and O–H groups in total. The number of nitrogens with zero attached hydrogens (tertiary/aromatic N) is 2. The van der Waals surface area contributed by atoms with E-state index in [4.69, 9.17) is 9.41 Å². The second-order valence-corrected chi connectivity index (χ2v) is 5.32. The summed E-state index contributed by atoms with van der Waals surface area (Å²) in [4.78, 5) is 8.97. The van der Waals surface area contributed by atoms with Crippen molar-refractivity contribution in [2.45, 2.75) is 6.92 Å². The summed E-state index contributed by atoms with van der Waals surface area (Å²) in [6.45, 7) is 1.70. The Balaban J connectivity index is 1.91. The van der Waals surface area contributed by atoms with Crippen molar-refractivity contribution in [3.8, 4) is 5.95 Å². The summed E-state index contributed by atoms with van der Waals surface area (Å²) >= 11 is 0. The second kappa shape index (κ2) is 5.25. The fourth-order valence-electron chi connectivity index (χ4n) is 2.73. The highest BCUT2D eigenvalue weighted by atomic mass is 16.5. The molecular formula is C19H14N2O2. The van der Waals surface area contributed by atoms with E-state index in [0.29, 0.717) is 11.6 Å². The number of rotatable bonds is 2. The molecule has 0 saturated carbocycles. The molecular weight excluding hydrogens is 288 g/mol. The van der Waals surface area contributed by atoms with Crippen LogP contribution in [0.5, 0.6) is 5.95 Å². The lowest BCUT2D eigenvalue weighted by Crippen LogP contribution is -1.99. The smallest absolute Gasteiger partial charge is 0.310 e. The van der Waals surface area contributed by atoms with Crippen molar-refractivity contribution in [2.75, 3.05) is 0 Å². The van der Waals surface area contributed by atoms with Crippen LogP contribution < -0.4 is 0 Å². The molecule has 0 spiro atoms. The van der Waals surface area contributed by atoms with Gasteiger partial charge in [0.1, 0.15) is 5.69 Å².